The maximum atomic E-state index is 13.2. The van der Waals surface area contributed by atoms with Crippen molar-refractivity contribution in [3.63, 3.8) is 0 Å². The van der Waals surface area contributed by atoms with Gasteiger partial charge >= 0.3 is 0 Å². The molecule has 7 heteroatoms. The number of hydrogen-bond acceptors (Lipinski definition) is 3. The van der Waals surface area contributed by atoms with Crippen LogP contribution < -0.4 is 5.32 Å². The van der Waals surface area contributed by atoms with E-state index in [9.17, 15) is 18.4 Å². The molecule has 0 saturated heterocycles. The first kappa shape index (κ1) is 15.5. The van der Waals surface area contributed by atoms with Crippen LogP contribution in [0.2, 0.25) is 0 Å². The van der Waals surface area contributed by atoms with Crippen molar-refractivity contribution in [1.29, 1.82) is 0 Å². The molecule has 0 aliphatic carbocycles. The summed E-state index contributed by atoms with van der Waals surface area (Å²) in [5, 5.41) is 1.89. The summed E-state index contributed by atoms with van der Waals surface area (Å²) in [7, 11) is 0. The second-order valence-electron chi connectivity index (χ2n) is 3.75. The van der Waals surface area contributed by atoms with E-state index in [4.69, 9.17) is 0 Å². The molecule has 0 radical (unpaired) electrons. The number of rotatable bonds is 3. The molecule has 0 spiro atoms. The molecule has 106 valence electrons. The molecule has 2 amide bonds. The van der Waals surface area contributed by atoms with Crippen molar-refractivity contribution >= 4 is 12.3 Å². The molecule has 1 N–H and O–H groups in total. The van der Waals surface area contributed by atoms with Gasteiger partial charge in [-0.25, -0.2) is 13.8 Å². The van der Waals surface area contributed by atoms with Crippen molar-refractivity contribution in [3.8, 4) is 0 Å². The van der Waals surface area contributed by atoms with Gasteiger partial charge in [0.05, 0.1) is 12.9 Å². The summed E-state index contributed by atoms with van der Waals surface area (Å²) in [6.45, 7) is 1.44. The fourth-order valence-corrected chi connectivity index (χ4v) is 1.33. The molecule has 0 aliphatic heterocycles. The Morgan fingerprint density at radius 2 is 2.05 bits per heavy atom. The Hall–Kier alpha value is -2.57. The van der Waals surface area contributed by atoms with Gasteiger partial charge in [0.25, 0.3) is 0 Å². The molecule has 0 saturated carbocycles. The second-order valence-corrected chi connectivity index (χ2v) is 3.75. The average Bonchev–Trinajstić information content (AvgIpc) is 2.87. The van der Waals surface area contributed by atoms with E-state index in [1.165, 1.54) is 31.5 Å². The lowest BCUT2D eigenvalue weighted by atomic mass is 10.2. The summed E-state index contributed by atoms with van der Waals surface area (Å²) in [6.07, 6.45) is 5.10. The Kier molecular flexibility index (Phi) is 6.02. The van der Waals surface area contributed by atoms with Crippen LogP contribution in [0.1, 0.15) is 12.5 Å². The van der Waals surface area contributed by atoms with Crippen LogP contribution in [0.15, 0.2) is 36.9 Å². The summed E-state index contributed by atoms with van der Waals surface area (Å²) < 4.78 is 27.9. The molecule has 0 bridgehead atoms. The van der Waals surface area contributed by atoms with E-state index in [1.807, 2.05) is 5.32 Å². The van der Waals surface area contributed by atoms with Crippen molar-refractivity contribution in [2.45, 2.75) is 13.5 Å². The van der Waals surface area contributed by atoms with Crippen LogP contribution in [-0.2, 0) is 16.1 Å². The molecule has 1 heterocycles. The highest BCUT2D eigenvalue weighted by atomic mass is 19.1. The SMILES string of the molecule is CC(=O)NC=O.Fc1cccc(F)c1Cn1ccnc1. The third-order valence-corrected chi connectivity index (χ3v) is 2.22. The largest absolute Gasteiger partial charge is 0.333 e. The van der Waals surface area contributed by atoms with Gasteiger partial charge in [-0.05, 0) is 12.1 Å². The number of amides is 2. The summed E-state index contributed by atoms with van der Waals surface area (Å²) in [5.41, 5.74) is 0.0606. The number of aromatic nitrogens is 2. The highest BCUT2D eigenvalue weighted by Gasteiger charge is 2.07. The predicted octanol–water partition coefficient (Wildman–Crippen LogP) is 1.49. The number of imidazole rings is 1. The molecule has 0 fully saturated rings. The van der Waals surface area contributed by atoms with Crippen molar-refractivity contribution in [3.05, 3.63) is 54.1 Å². The third kappa shape index (κ3) is 4.97. The van der Waals surface area contributed by atoms with E-state index in [2.05, 4.69) is 4.98 Å². The van der Waals surface area contributed by atoms with Crippen LogP contribution in [-0.4, -0.2) is 21.9 Å². The predicted molar refractivity (Wildman–Crippen MR) is 67.6 cm³/mol. The maximum Gasteiger partial charge on any atom is 0.223 e. The molecular weight excluding hydrogens is 268 g/mol. The van der Waals surface area contributed by atoms with Gasteiger partial charge in [-0.2, -0.15) is 0 Å². The summed E-state index contributed by atoms with van der Waals surface area (Å²) in [5.74, 6) is -1.39. The number of imide groups is 1. The zero-order valence-corrected chi connectivity index (χ0v) is 10.7. The highest BCUT2D eigenvalue weighted by Crippen LogP contribution is 2.13. The molecule has 20 heavy (non-hydrogen) atoms. The molecule has 0 unspecified atom stereocenters. The van der Waals surface area contributed by atoms with E-state index < -0.39 is 11.6 Å². The van der Waals surface area contributed by atoms with Crippen LogP contribution in [0.4, 0.5) is 8.78 Å². The lowest BCUT2D eigenvalue weighted by molar-refractivity contribution is -0.123. The first-order valence-electron chi connectivity index (χ1n) is 5.64. The van der Waals surface area contributed by atoms with Crippen molar-refractivity contribution < 1.29 is 18.4 Å². The zero-order valence-electron chi connectivity index (χ0n) is 10.7. The first-order chi connectivity index (χ1) is 9.54. The molecule has 1 aromatic carbocycles. The van der Waals surface area contributed by atoms with Gasteiger partial charge in [0, 0.05) is 24.9 Å². The smallest absolute Gasteiger partial charge is 0.223 e. The van der Waals surface area contributed by atoms with E-state index in [-0.39, 0.29) is 18.0 Å². The van der Waals surface area contributed by atoms with Gasteiger partial charge in [0.1, 0.15) is 11.6 Å². The lowest BCUT2D eigenvalue weighted by Gasteiger charge is -2.04. The number of nitrogens with zero attached hydrogens (tertiary/aromatic N) is 2. The topological polar surface area (TPSA) is 64.0 Å². The van der Waals surface area contributed by atoms with Crippen molar-refractivity contribution in [1.82, 2.24) is 14.9 Å². The normalized spacial score (nSPS) is 9.35. The minimum absolute atomic E-state index is 0.0606. The van der Waals surface area contributed by atoms with Crippen LogP contribution in [0.3, 0.4) is 0 Å². The van der Waals surface area contributed by atoms with E-state index in [0.717, 1.165) is 0 Å². The van der Waals surface area contributed by atoms with Crippen LogP contribution in [0.5, 0.6) is 0 Å². The number of benzene rings is 1. The standard InChI is InChI=1S/C10H8F2N2.C3H5NO2/c11-9-2-1-3-10(12)8(9)6-14-5-4-13-7-14;1-3(6)4-2-5/h1-5,7H,6H2;2H,1H3,(H,4,5,6). The molecule has 0 atom stereocenters. The van der Waals surface area contributed by atoms with Gasteiger partial charge in [0.2, 0.25) is 12.3 Å². The Morgan fingerprint density at radius 3 is 2.45 bits per heavy atom. The van der Waals surface area contributed by atoms with Gasteiger partial charge in [-0.1, -0.05) is 6.07 Å². The highest BCUT2D eigenvalue weighted by molar-refractivity contribution is 5.83. The van der Waals surface area contributed by atoms with Gasteiger partial charge < -0.3 is 4.57 Å². The van der Waals surface area contributed by atoms with E-state index >= 15 is 0 Å². The average molecular weight is 281 g/mol. The van der Waals surface area contributed by atoms with Crippen molar-refractivity contribution in [2.75, 3.05) is 0 Å². The molecule has 2 rings (SSSR count). The van der Waals surface area contributed by atoms with E-state index in [0.29, 0.717) is 6.41 Å². The minimum Gasteiger partial charge on any atom is -0.333 e. The monoisotopic (exact) mass is 281 g/mol. The summed E-state index contributed by atoms with van der Waals surface area (Å²) in [6, 6.07) is 3.84. The van der Waals surface area contributed by atoms with Crippen molar-refractivity contribution in [2.24, 2.45) is 0 Å². The molecule has 5 nitrogen and oxygen atoms in total. The Labute approximate surface area is 114 Å². The zero-order chi connectivity index (χ0) is 15.0. The van der Waals surface area contributed by atoms with Crippen LogP contribution in [0.25, 0.3) is 0 Å². The quantitative estimate of drug-likeness (QED) is 0.867. The van der Waals surface area contributed by atoms with Crippen LogP contribution in [0, 0.1) is 11.6 Å². The van der Waals surface area contributed by atoms with Gasteiger partial charge in [-0.3, -0.25) is 14.9 Å². The Bertz CT molecular complexity index is 551. The number of halogens is 2. The molecular formula is C13H13F2N3O2. The van der Waals surface area contributed by atoms with Gasteiger partial charge in [-0.15, -0.1) is 0 Å². The first-order valence-corrected chi connectivity index (χ1v) is 5.64. The fourth-order valence-electron chi connectivity index (χ4n) is 1.33. The number of carbonyl (C=O) groups is 2. The maximum absolute atomic E-state index is 13.2. The third-order valence-electron chi connectivity index (χ3n) is 2.22. The Balaban J connectivity index is 0.000000286. The number of carbonyl (C=O) groups excluding carboxylic acids is 2. The van der Waals surface area contributed by atoms with Gasteiger partial charge in [0.15, 0.2) is 0 Å². The summed E-state index contributed by atoms with van der Waals surface area (Å²) >= 11 is 0. The minimum atomic E-state index is -0.529. The van der Waals surface area contributed by atoms with E-state index in [1.54, 1.807) is 17.0 Å². The summed E-state index contributed by atoms with van der Waals surface area (Å²) in [4.78, 5) is 22.8. The second kappa shape index (κ2) is 7.78. The fraction of sp³-hybridized carbons (Fsp3) is 0.154. The number of hydrogen-bond donors (Lipinski definition) is 1. The van der Waals surface area contributed by atoms with Crippen LogP contribution >= 0.6 is 0 Å². The number of nitrogens with one attached hydrogen (secondary N) is 1. The Morgan fingerprint density at radius 1 is 1.40 bits per heavy atom. The molecule has 0 aliphatic rings. The molecule has 1 aromatic heterocycles. The lowest BCUT2D eigenvalue weighted by Crippen LogP contribution is -2.16. The molecule has 2 aromatic rings.